The lowest BCUT2D eigenvalue weighted by Crippen LogP contribution is -2.15. The van der Waals surface area contributed by atoms with Crippen LogP contribution in [-0.2, 0) is 0 Å². The third-order valence-electron chi connectivity index (χ3n) is 3.36. The monoisotopic (exact) mass is 340 g/mol. The molecule has 1 aliphatic rings. The van der Waals surface area contributed by atoms with E-state index in [0.717, 1.165) is 34.3 Å². The molecule has 110 valence electrons. The van der Waals surface area contributed by atoms with E-state index in [9.17, 15) is 0 Å². The molecule has 0 radical (unpaired) electrons. The molecule has 21 heavy (non-hydrogen) atoms. The molecule has 0 spiro atoms. The molecule has 1 unspecified atom stereocenters. The van der Waals surface area contributed by atoms with Crippen LogP contribution in [0.5, 0.6) is 0 Å². The number of pyridine rings is 1. The topological polar surface area (TPSA) is 50.7 Å². The van der Waals surface area contributed by atoms with Crippen molar-refractivity contribution in [1.29, 1.82) is 0 Å². The van der Waals surface area contributed by atoms with Gasteiger partial charge in [-0.15, -0.1) is 0 Å². The second-order valence-corrected chi connectivity index (χ2v) is 6.62. The molecule has 4 nitrogen and oxygen atoms in total. The minimum Gasteiger partial charge on any atom is -0.309 e. The van der Waals surface area contributed by atoms with Crippen molar-refractivity contribution in [3.05, 3.63) is 40.0 Å². The van der Waals surface area contributed by atoms with E-state index in [0.29, 0.717) is 16.2 Å². The third kappa shape index (κ3) is 3.31. The van der Waals surface area contributed by atoms with E-state index in [2.05, 4.69) is 20.3 Å². The van der Waals surface area contributed by atoms with Crippen molar-refractivity contribution in [2.75, 3.05) is 6.54 Å². The summed E-state index contributed by atoms with van der Waals surface area (Å²) < 4.78 is 0. The molecular formula is C14H14Cl2N4S. The lowest BCUT2D eigenvalue weighted by atomic mass is 10.2. The first-order valence-electron chi connectivity index (χ1n) is 6.70. The van der Waals surface area contributed by atoms with E-state index < -0.39 is 0 Å². The molecule has 0 bridgehead atoms. The first kappa shape index (κ1) is 15.0. The Morgan fingerprint density at radius 1 is 1.33 bits per heavy atom. The zero-order chi connectivity index (χ0) is 14.8. The molecule has 0 amide bonds. The summed E-state index contributed by atoms with van der Waals surface area (Å²) >= 11 is 13.5. The molecule has 2 aromatic rings. The largest absolute Gasteiger partial charge is 0.309 e. The lowest BCUT2D eigenvalue weighted by molar-refractivity contribution is 0.617. The molecule has 0 aliphatic carbocycles. The summed E-state index contributed by atoms with van der Waals surface area (Å²) in [6, 6.07) is 2.15. The number of rotatable bonds is 3. The summed E-state index contributed by atoms with van der Waals surface area (Å²) in [5.41, 5.74) is 1.91. The molecule has 2 aromatic heterocycles. The summed E-state index contributed by atoms with van der Waals surface area (Å²) in [6.45, 7) is 3.01. The molecule has 3 rings (SSSR count). The molecule has 0 aromatic carbocycles. The van der Waals surface area contributed by atoms with E-state index >= 15 is 0 Å². The summed E-state index contributed by atoms with van der Waals surface area (Å²) in [7, 11) is 0. The van der Waals surface area contributed by atoms with E-state index in [1.54, 1.807) is 6.20 Å². The van der Waals surface area contributed by atoms with E-state index in [1.165, 1.54) is 18.2 Å². The van der Waals surface area contributed by atoms with Crippen molar-refractivity contribution in [1.82, 2.24) is 20.3 Å². The molecular weight excluding hydrogens is 327 g/mol. The van der Waals surface area contributed by atoms with E-state index in [-0.39, 0.29) is 0 Å². The maximum absolute atomic E-state index is 6.16. The van der Waals surface area contributed by atoms with Crippen LogP contribution < -0.4 is 5.32 Å². The lowest BCUT2D eigenvalue weighted by Gasteiger charge is -2.12. The van der Waals surface area contributed by atoms with Gasteiger partial charge < -0.3 is 5.32 Å². The molecule has 1 aliphatic heterocycles. The Kier molecular flexibility index (Phi) is 4.64. The fourth-order valence-electron chi connectivity index (χ4n) is 2.28. The van der Waals surface area contributed by atoms with Crippen molar-refractivity contribution in [3.63, 3.8) is 0 Å². The molecule has 7 heteroatoms. The minimum atomic E-state index is 0.305. The number of nitrogens with zero attached hydrogens (tertiary/aromatic N) is 3. The number of hydrogen-bond acceptors (Lipinski definition) is 5. The average Bonchev–Trinajstić information content (AvgIpc) is 3.00. The van der Waals surface area contributed by atoms with Gasteiger partial charge in [0.2, 0.25) is 0 Å². The van der Waals surface area contributed by atoms with Gasteiger partial charge in [-0.1, -0.05) is 35.0 Å². The number of hydrogen-bond donors (Lipinski definition) is 1. The molecule has 0 saturated carbocycles. The zero-order valence-corrected chi connectivity index (χ0v) is 13.8. The average molecular weight is 341 g/mol. The summed E-state index contributed by atoms with van der Waals surface area (Å²) in [5, 5.41) is 5.02. The number of nitrogens with one attached hydrogen (secondary N) is 1. The highest BCUT2D eigenvalue weighted by atomic mass is 35.5. The fraction of sp³-hybridized carbons (Fsp3) is 0.357. The van der Waals surface area contributed by atoms with Crippen molar-refractivity contribution in [2.24, 2.45) is 0 Å². The van der Waals surface area contributed by atoms with E-state index in [1.807, 2.05) is 19.2 Å². The van der Waals surface area contributed by atoms with Crippen molar-refractivity contribution >= 4 is 35.0 Å². The number of aromatic nitrogens is 3. The minimum absolute atomic E-state index is 0.305. The van der Waals surface area contributed by atoms with Gasteiger partial charge in [0.1, 0.15) is 10.2 Å². The second kappa shape index (κ2) is 6.48. The molecule has 1 saturated heterocycles. The van der Waals surface area contributed by atoms with Gasteiger partial charge in [0, 0.05) is 11.1 Å². The molecule has 1 atom stereocenters. The number of aryl methyl sites for hydroxylation is 1. The van der Waals surface area contributed by atoms with Gasteiger partial charge in [-0.25, -0.2) is 9.97 Å². The van der Waals surface area contributed by atoms with Gasteiger partial charge in [0.15, 0.2) is 0 Å². The Bertz CT molecular complexity index is 659. The maximum atomic E-state index is 6.16. The van der Waals surface area contributed by atoms with Gasteiger partial charge in [-0.05, 0) is 32.4 Å². The molecule has 1 N–H and O–H groups in total. The Hall–Kier alpha value is -0.880. The summed E-state index contributed by atoms with van der Waals surface area (Å²) in [6.07, 6.45) is 5.78. The van der Waals surface area contributed by atoms with Gasteiger partial charge >= 0.3 is 0 Å². The van der Waals surface area contributed by atoms with Crippen molar-refractivity contribution in [2.45, 2.75) is 35.7 Å². The standard InChI is InChI=1S/C14H14Cl2N4S/c1-8-14(21-11-4-6-18-13(16)12(11)15)19-7-10(20-8)9-3-2-5-17-9/h4,6-7,9,17H,2-3,5H2,1H3. The van der Waals surface area contributed by atoms with Gasteiger partial charge in [0.25, 0.3) is 0 Å². The van der Waals surface area contributed by atoms with Crippen LogP contribution >= 0.6 is 35.0 Å². The molecule has 1 fully saturated rings. The van der Waals surface area contributed by atoms with Crippen LogP contribution in [0.3, 0.4) is 0 Å². The Balaban J connectivity index is 1.84. The SMILES string of the molecule is Cc1nc(C2CCCN2)cnc1Sc1ccnc(Cl)c1Cl. The highest BCUT2D eigenvalue weighted by Crippen LogP contribution is 2.36. The first-order chi connectivity index (χ1) is 10.1. The van der Waals surface area contributed by atoms with Gasteiger partial charge in [-0.2, -0.15) is 0 Å². The fourth-order valence-corrected chi connectivity index (χ4v) is 3.54. The quantitative estimate of drug-likeness (QED) is 0.853. The van der Waals surface area contributed by atoms with Crippen molar-refractivity contribution in [3.8, 4) is 0 Å². The Morgan fingerprint density at radius 2 is 2.19 bits per heavy atom. The Morgan fingerprint density at radius 3 is 2.90 bits per heavy atom. The van der Waals surface area contributed by atoms with Crippen LogP contribution in [0.25, 0.3) is 0 Å². The van der Waals surface area contributed by atoms with Gasteiger partial charge in [0.05, 0.1) is 28.6 Å². The van der Waals surface area contributed by atoms with Crippen LogP contribution in [-0.4, -0.2) is 21.5 Å². The highest BCUT2D eigenvalue weighted by molar-refractivity contribution is 7.99. The van der Waals surface area contributed by atoms with Crippen molar-refractivity contribution < 1.29 is 0 Å². The van der Waals surface area contributed by atoms with E-state index in [4.69, 9.17) is 23.2 Å². The first-order valence-corrected chi connectivity index (χ1v) is 8.27. The molecule has 3 heterocycles. The highest BCUT2D eigenvalue weighted by Gasteiger charge is 2.19. The van der Waals surface area contributed by atoms with Crippen LogP contribution in [0.1, 0.15) is 30.3 Å². The zero-order valence-electron chi connectivity index (χ0n) is 11.4. The van der Waals surface area contributed by atoms with Crippen LogP contribution in [0.15, 0.2) is 28.4 Å². The predicted molar refractivity (Wildman–Crippen MR) is 85.1 cm³/mol. The van der Waals surface area contributed by atoms with Crippen LogP contribution in [0.2, 0.25) is 10.2 Å². The second-order valence-electron chi connectivity index (χ2n) is 4.85. The maximum Gasteiger partial charge on any atom is 0.148 e. The Labute approximate surface area is 137 Å². The number of halogens is 2. The smallest absolute Gasteiger partial charge is 0.148 e. The summed E-state index contributed by atoms with van der Waals surface area (Å²) in [5.74, 6) is 0. The van der Waals surface area contributed by atoms with Crippen LogP contribution in [0, 0.1) is 6.92 Å². The third-order valence-corrected chi connectivity index (χ3v) is 5.39. The summed E-state index contributed by atoms with van der Waals surface area (Å²) in [4.78, 5) is 14.0. The van der Waals surface area contributed by atoms with Crippen LogP contribution in [0.4, 0.5) is 0 Å². The van der Waals surface area contributed by atoms with Gasteiger partial charge in [-0.3, -0.25) is 4.98 Å². The normalized spacial score (nSPS) is 18.1. The predicted octanol–water partition coefficient (Wildman–Crippen LogP) is 4.06.